The zero-order valence-corrected chi connectivity index (χ0v) is 49.8. The topological polar surface area (TPSA) is 78.9 Å². The average molecular weight is 1050 g/mol. The third kappa shape index (κ3) is 61.6. The standard InChI is InChI=1S/C69H122O6/c1-4-7-10-13-16-19-22-24-26-28-30-31-32-33-34-35-36-37-38-39-40-42-43-45-47-50-53-56-59-62-68(71)74-65-66(64-73-67(70)61-58-55-52-49-21-18-15-12-9-6-3)75-69(72)63-60-57-54-51-48-46-44-41-29-27-25-23-20-17-14-11-8-5-2/h7,10,12,15-16,19,24,26-27,29-31,66H,4-6,8-9,11,13-14,17-18,20-23,25,28,32-65H2,1-3H3/b10-7-,15-12-,19-16-,26-24-,29-27-,31-30-. The van der Waals surface area contributed by atoms with E-state index in [-0.39, 0.29) is 31.1 Å². The van der Waals surface area contributed by atoms with Crippen molar-refractivity contribution in [1.29, 1.82) is 0 Å². The van der Waals surface area contributed by atoms with Crippen LogP contribution in [0.1, 0.15) is 329 Å². The Balaban J connectivity index is 4.16. The number of allylic oxidation sites excluding steroid dienone is 12. The lowest BCUT2D eigenvalue weighted by molar-refractivity contribution is -0.167. The van der Waals surface area contributed by atoms with Gasteiger partial charge in [0.05, 0.1) is 0 Å². The highest BCUT2D eigenvalue weighted by molar-refractivity contribution is 5.71. The quantitative estimate of drug-likeness (QED) is 0.0261. The van der Waals surface area contributed by atoms with Crippen molar-refractivity contribution in [1.82, 2.24) is 0 Å². The first-order valence-corrected chi connectivity index (χ1v) is 32.4. The van der Waals surface area contributed by atoms with Gasteiger partial charge in [-0.15, -0.1) is 0 Å². The van der Waals surface area contributed by atoms with Gasteiger partial charge in [-0.05, 0) is 103 Å². The first kappa shape index (κ1) is 71.8. The van der Waals surface area contributed by atoms with Crippen molar-refractivity contribution in [2.75, 3.05) is 13.2 Å². The van der Waals surface area contributed by atoms with Gasteiger partial charge in [-0.1, -0.05) is 280 Å². The number of unbranched alkanes of at least 4 members (excludes halogenated alkanes) is 36. The van der Waals surface area contributed by atoms with Gasteiger partial charge in [0, 0.05) is 19.3 Å². The molecule has 0 saturated carbocycles. The van der Waals surface area contributed by atoms with Crippen LogP contribution in [0.15, 0.2) is 72.9 Å². The van der Waals surface area contributed by atoms with E-state index in [9.17, 15) is 14.4 Å². The van der Waals surface area contributed by atoms with Crippen LogP contribution in [0.25, 0.3) is 0 Å². The van der Waals surface area contributed by atoms with E-state index in [1.807, 2.05) is 0 Å². The Morgan fingerprint density at radius 2 is 0.547 bits per heavy atom. The number of ether oxygens (including phenoxy) is 3. The maximum absolute atomic E-state index is 12.9. The fraction of sp³-hybridized carbons (Fsp3) is 0.783. The summed E-state index contributed by atoms with van der Waals surface area (Å²) in [5, 5.41) is 0. The summed E-state index contributed by atoms with van der Waals surface area (Å²) in [6.07, 6.45) is 82.1. The lowest BCUT2D eigenvalue weighted by atomic mass is 10.0. The Hall–Kier alpha value is -3.15. The van der Waals surface area contributed by atoms with E-state index in [0.717, 1.165) is 96.3 Å². The van der Waals surface area contributed by atoms with Gasteiger partial charge >= 0.3 is 17.9 Å². The highest BCUT2D eigenvalue weighted by Crippen LogP contribution is 2.17. The van der Waals surface area contributed by atoms with Gasteiger partial charge in [-0.25, -0.2) is 0 Å². The van der Waals surface area contributed by atoms with Crippen LogP contribution in [0.5, 0.6) is 0 Å². The van der Waals surface area contributed by atoms with Crippen LogP contribution in [0.3, 0.4) is 0 Å². The molecule has 0 heterocycles. The van der Waals surface area contributed by atoms with Crippen LogP contribution in [0.4, 0.5) is 0 Å². The molecular formula is C69H122O6. The zero-order chi connectivity index (χ0) is 54.3. The Bertz CT molecular complexity index is 1390. The lowest BCUT2D eigenvalue weighted by Crippen LogP contribution is -2.30. The molecular weight excluding hydrogens is 925 g/mol. The maximum atomic E-state index is 12.9. The molecule has 0 aliphatic rings. The van der Waals surface area contributed by atoms with Crippen molar-refractivity contribution in [2.45, 2.75) is 335 Å². The molecule has 75 heavy (non-hydrogen) atoms. The second-order valence-electron chi connectivity index (χ2n) is 21.6. The first-order valence-electron chi connectivity index (χ1n) is 32.4. The Morgan fingerprint density at radius 3 is 0.880 bits per heavy atom. The van der Waals surface area contributed by atoms with E-state index >= 15 is 0 Å². The van der Waals surface area contributed by atoms with Crippen LogP contribution in [0, 0.1) is 0 Å². The van der Waals surface area contributed by atoms with Crippen molar-refractivity contribution >= 4 is 17.9 Å². The van der Waals surface area contributed by atoms with E-state index in [2.05, 4.69) is 93.7 Å². The van der Waals surface area contributed by atoms with Crippen molar-refractivity contribution < 1.29 is 28.6 Å². The highest BCUT2D eigenvalue weighted by Gasteiger charge is 2.19. The number of hydrogen-bond donors (Lipinski definition) is 0. The minimum atomic E-state index is -0.779. The molecule has 0 aromatic heterocycles. The van der Waals surface area contributed by atoms with Crippen molar-refractivity contribution in [3.8, 4) is 0 Å². The summed E-state index contributed by atoms with van der Waals surface area (Å²) in [6.45, 7) is 6.49. The third-order valence-electron chi connectivity index (χ3n) is 14.1. The fourth-order valence-electron chi connectivity index (χ4n) is 9.32. The van der Waals surface area contributed by atoms with Crippen LogP contribution >= 0.6 is 0 Å². The first-order chi connectivity index (χ1) is 37.0. The Morgan fingerprint density at radius 1 is 0.280 bits per heavy atom. The molecule has 0 bridgehead atoms. The number of carbonyl (C=O) groups excluding carboxylic acids is 3. The Labute approximate surface area is 465 Å². The van der Waals surface area contributed by atoms with E-state index in [1.54, 1.807) is 0 Å². The monoisotopic (exact) mass is 1050 g/mol. The van der Waals surface area contributed by atoms with Crippen LogP contribution in [-0.4, -0.2) is 37.2 Å². The second-order valence-corrected chi connectivity index (χ2v) is 21.6. The summed E-state index contributed by atoms with van der Waals surface area (Å²) in [7, 11) is 0. The van der Waals surface area contributed by atoms with Gasteiger partial charge in [0.1, 0.15) is 13.2 Å². The molecule has 0 aliphatic heterocycles. The lowest BCUT2D eigenvalue weighted by Gasteiger charge is -2.18. The molecule has 0 aliphatic carbocycles. The van der Waals surface area contributed by atoms with Gasteiger partial charge in [0.15, 0.2) is 6.10 Å². The minimum absolute atomic E-state index is 0.0768. The van der Waals surface area contributed by atoms with Gasteiger partial charge in [0.2, 0.25) is 0 Å². The normalized spacial score (nSPS) is 12.5. The molecule has 0 fully saturated rings. The summed E-state index contributed by atoms with van der Waals surface area (Å²) in [5.41, 5.74) is 0. The van der Waals surface area contributed by atoms with Gasteiger partial charge in [-0.2, -0.15) is 0 Å². The van der Waals surface area contributed by atoms with E-state index < -0.39 is 6.10 Å². The molecule has 0 spiro atoms. The summed E-state index contributed by atoms with van der Waals surface area (Å²) in [4.78, 5) is 38.2. The SMILES string of the molecule is CC/C=C\C/C=C\C/C=C\C/C=C\CCCCCCCCCCCCCCCCCCC(=O)OCC(COC(=O)CCCCCCC/C=C\CCC)OC(=O)CCCCCCCCC/C=C\CCCCCCCCC. The van der Waals surface area contributed by atoms with Crippen molar-refractivity contribution in [3.63, 3.8) is 0 Å². The molecule has 1 unspecified atom stereocenters. The van der Waals surface area contributed by atoms with Gasteiger partial charge in [-0.3, -0.25) is 14.4 Å². The summed E-state index contributed by atoms with van der Waals surface area (Å²) >= 11 is 0. The van der Waals surface area contributed by atoms with Gasteiger partial charge < -0.3 is 14.2 Å². The molecule has 6 heteroatoms. The molecule has 0 rings (SSSR count). The summed E-state index contributed by atoms with van der Waals surface area (Å²) < 4.78 is 16.9. The molecule has 6 nitrogen and oxygen atoms in total. The third-order valence-corrected chi connectivity index (χ3v) is 14.1. The smallest absolute Gasteiger partial charge is 0.306 e. The van der Waals surface area contributed by atoms with Crippen LogP contribution in [0.2, 0.25) is 0 Å². The molecule has 0 aromatic rings. The Kier molecular flexibility index (Phi) is 60.7. The van der Waals surface area contributed by atoms with Gasteiger partial charge in [0.25, 0.3) is 0 Å². The molecule has 0 N–H and O–H groups in total. The number of carbonyl (C=O) groups is 3. The fourth-order valence-corrected chi connectivity index (χ4v) is 9.32. The summed E-state index contributed by atoms with van der Waals surface area (Å²) in [6, 6.07) is 0. The predicted molar refractivity (Wildman–Crippen MR) is 325 cm³/mol. The average Bonchev–Trinajstić information content (AvgIpc) is 3.41. The van der Waals surface area contributed by atoms with Crippen molar-refractivity contribution in [3.05, 3.63) is 72.9 Å². The molecule has 0 saturated heterocycles. The van der Waals surface area contributed by atoms with E-state index in [0.29, 0.717) is 19.3 Å². The van der Waals surface area contributed by atoms with Crippen molar-refractivity contribution in [2.24, 2.45) is 0 Å². The number of hydrogen-bond acceptors (Lipinski definition) is 6. The molecule has 1 atom stereocenters. The maximum Gasteiger partial charge on any atom is 0.306 e. The van der Waals surface area contributed by atoms with E-state index in [4.69, 9.17) is 14.2 Å². The number of rotatable bonds is 59. The number of esters is 3. The predicted octanol–water partition coefficient (Wildman–Crippen LogP) is 22.1. The molecule has 0 aromatic carbocycles. The molecule has 0 radical (unpaired) electrons. The molecule has 434 valence electrons. The zero-order valence-electron chi connectivity index (χ0n) is 49.8. The highest BCUT2D eigenvalue weighted by atomic mass is 16.6. The largest absolute Gasteiger partial charge is 0.462 e. The molecule has 0 amide bonds. The second kappa shape index (κ2) is 63.4. The van der Waals surface area contributed by atoms with Crippen LogP contribution < -0.4 is 0 Å². The minimum Gasteiger partial charge on any atom is -0.462 e. The summed E-state index contributed by atoms with van der Waals surface area (Å²) in [5.74, 6) is -0.878. The van der Waals surface area contributed by atoms with Crippen LogP contribution in [-0.2, 0) is 28.6 Å². The van der Waals surface area contributed by atoms with E-state index in [1.165, 1.54) is 193 Å².